The van der Waals surface area contributed by atoms with Crippen LogP contribution in [0.2, 0.25) is 5.28 Å². The number of anilines is 3. The Balaban J connectivity index is 1.67. The Morgan fingerprint density at radius 1 is 1.28 bits per heavy atom. The van der Waals surface area contributed by atoms with Crippen LogP contribution in [0.25, 0.3) is 0 Å². The molecule has 2 unspecified atom stereocenters. The molecule has 13 nitrogen and oxygen atoms in total. The predicted molar refractivity (Wildman–Crippen MR) is 96.5 cm³/mol. The van der Waals surface area contributed by atoms with Crippen molar-refractivity contribution in [1.82, 2.24) is 9.97 Å². The molecular weight excluding hydrogens is 414 g/mol. The highest BCUT2D eigenvalue weighted by molar-refractivity contribution is 6.28. The number of halogens is 1. The third kappa shape index (κ3) is 3.97. The number of carbonyl (C=O) groups is 3. The highest BCUT2D eigenvalue weighted by Gasteiger charge is 2.51. The average Bonchev–Trinajstić information content (AvgIpc) is 3.24. The Labute approximate surface area is 168 Å². The number of hydrogen-bond donors (Lipinski definition) is 5. The number of nitrogen functional groups attached to an aromatic ring is 1. The highest BCUT2D eigenvalue weighted by Crippen LogP contribution is 2.38. The largest absolute Gasteiger partial charge is 0.481 e. The van der Waals surface area contributed by atoms with Crippen molar-refractivity contribution in [3.05, 3.63) is 5.28 Å². The van der Waals surface area contributed by atoms with Crippen molar-refractivity contribution in [2.45, 2.75) is 37.2 Å². The van der Waals surface area contributed by atoms with Crippen LogP contribution >= 0.6 is 11.6 Å². The van der Waals surface area contributed by atoms with Crippen LogP contribution in [0.3, 0.4) is 0 Å². The molecule has 14 heteroatoms. The number of nitrogens with one attached hydrogen (secondary N) is 1. The number of aliphatic carboxylic acids is 3. The summed E-state index contributed by atoms with van der Waals surface area (Å²) in [5, 5.41) is 30.4. The SMILES string of the molecule is Nc1nc(Cl)nc2c1NCN2C1CCC(COC(CC(=O)O)(C(=O)O)C(=O)O)O1. The first kappa shape index (κ1) is 20.8. The van der Waals surface area contributed by atoms with Crippen molar-refractivity contribution < 1.29 is 39.2 Å². The van der Waals surface area contributed by atoms with Gasteiger partial charge in [-0.25, -0.2) is 9.59 Å². The Kier molecular flexibility index (Phi) is 5.64. The standard InChI is InChI=1S/C15H18ClN5O8/c16-14-19-10(17)9-11(20-14)21(5-18-9)7-2-1-6(29-7)4-28-15(12(24)25,13(26)27)3-8(22)23/h6-7,18H,1-5H2,(H,22,23)(H,24,25)(H,26,27)(H2,17,19,20). The summed E-state index contributed by atoms with van der Waals surface area (Å²) >= 11 is 5.85. The second-order valence-electron chi connectivity index (χ2n) is 6.49. The minimum Gasteiger partial charge on any atom is -0.481 e. The molecule has 2 aliphatic heterocycles. The van der Waals surface area contributed by atoms with E-state index >= 15 is 0 Å². The second-order valence-corrected chi connectivity index (χ2v) is 6.83. The highest BCUT2D eigenvalue weighted by atomic mass is 35.5. The molecule has 1 saturated heterocycles. The van der Waals surface area contributed by atoms with Gasteiger partial charge >= 0.3 is 17.9 Å². The lowest BCUT2D eigenvalue weighted by atomic mass is 10.00. The van der Waals surface area contributed by atoms with Crippen molar-refractivity contribution in [2.24, 2.45) is 0 Å². The fourth-order valence-electron chi connectivity index (χ4n) is 3.20. The summed E-state index contributed by atoms with van der Waals surface area (Å²) in [4.78, 5) is 43.5. The van der Waals surface area contributed by atoms with Crippen LogP contribution in [0.15, 0.2) is 0 Å². The normalized spacial score (nSPS) is 20.9. The van der Waals surface area contributed by atoms with Gasteiger partial charge in [-0.3, -0.25) is 4.79 Å². The van der Waals surface area contributed by atoms with Crippen LogP contribution in [0.4, 0.5) is 17.3 Å². The molecule has 0 amide bonds. The van der Waals surface area contributed by atoms with Crippen molar-refractivity contribution in [1.29, 1.82) is 0 Å². The van der Waals surface area contributed by atoms with Crippen LogP contribution in [0.1, 0.15) is 19.3 Å². The summed E-state index contributed by atoms with van der Waals surface area (Å²) in [7, 11) is 0. The molecule has 2 aliphatic rings. The molecule has 2 atom stereocenters. The summed E-state index contributed by atoms with van der Waals surface area (Å²) in [6.45, 7) is -0.0941. The number of nitrogens with zero attached hydrogens (tertiary/aromatic N) is 3. The minimum absolute atomic E-state index is 0.0331. The quantitative estimate of drug-likeness (QED) is 0.268. The fourth-order valence-corrected chi connectivity index (χ4v) is 3.37. The maximum absolute atomic E-state index is 11.4. The van der Waals surface area contributed by atoms with E-state index in [-0.39, 0.29) is 11.1 Å². The van der Waals surface area contributed by atoms with E-state index < -0.39 is 48.9 Å². The zero-order chi connectivity index (χ0) is 21.3. The van der Waals surface area contributed by atoms with Crippen molar-refractivity contribution in [2.75, 3.05) is 29.2 Å². The molecule has 0 bridgehead atoms. The first-order chi connectivity index (χ1) is 13.6. The molecule has 1 aromatic rings. The monoisotopic (exact) mass is 431 g/mol. The lowest BCUT2D eigenvalue weighted by Crippen LogP contribution is -2.52. The molecule has 1 fully saturated rings. The van der Waals surface area contributed by atoms with Crippen LogP contribution in [-0.2, 0) is 23.9 Å². The fraction of sp³-hybridized carbons (Fsp3) is 0.533. The number of aromatic nitrogens is 2. The van der Waals surface area contributed by atoms with Crippen molar-refractivity contribution in [3.8, 4) is 0 Å². The number of rotatable bonds is 8. The van der Waals surface area contributed by atoms with Crippen molar-refractivity contribution in [3.63, 3.8) is 0 Å². The first-order valence-electron chi connectivity index (χ1n) is 8.45. The Bertz CT molecular complexity index is 838. The van der Waals surface area contributed by atoms with Gasteiger partial charge in [0.15, 0.2) is 11.6 Å². The summed E-state index contributed by atoms with van der Waals surface area (Å²) in [5.41, 5.74) is 3.42. The molecule has 3 rings (SSSR count). The Morgan fingerprint density at radius 3 is 2.59 bits per heavy atom. The minimum atomic E-state index is -2.90. The molecule has 1 aromatic heterocycles. The van der Waals surface area contributed by atoms with E-state index in [1.54, 1.807) is 4.90 Å². The van der Waals surface area contributed by atoms with Crippen LogP contribution in [0.5, 0.6) is 0 Å². The Morgan fingerprint density at radius 2 is 1.97 bits per heavy atom. The van der Waals surface area contributed by atoms with Gasteiger partial charge < -0.3 is 40.7 Å². The van der Waals surface area contributed by atoms with Crippen LogP contribution < -0.4 is 16.0 Å². The lowest BCUT2D eigenvalue weighted by molar-refractivity contribution is -0.192. The number of carboxylic acid groups (broad SMARTS) is 3. The van der Waals surface area contributed by atoms with E-state index in [0.29, 0.717) is 31.0 Å². The maximum atomic E-state index is 11.4. The van der Waals surface area contributed by atoms with Crippen LogP contribution in [-0.4, -0.2) is 74.4 Å². The van der Waals surface area contributed by atoms with E-state index in [1.165, 1.54) is 0 Å². The summed E-state index contributed by atoms with van der Waals surface area (Å²) in [6.07, 6.45) is -1.43. The maximum Gasteiger partial charge on any atom is 0.348 e. The van der Waals surface area contributed by atoms with E-state index in [2.05, 4.69) is 15.3 Å². The Hall–Kier alpha value is -2.90. The molecule has 3 heterocycles. The third-order valence-electron chi connectivity index (χ3n) is 4.63. The molecule has 0 radical (unpaired) electrons. The van der Waals surface area contributed by atoms with Gasteiger partial charge in [0.1, 0.15) is 11.9 Å². The topological polar surface area (TPSA) is 197 Å². The van der Waals surface area contributed by atoms with Gasteiger partial charge in [-0.2, -0.15) is 9.97 Å². The second kappa shape index (κ2) is 7.85. The zero-order valence-corrected chi connectivity index (χ0v) is 15.6. The molecule has 29 heavy (non-hydrogen) atoms. The number of carboxylic acids is 3. The number of ether oxygens (including phenoxy) is 2. The molecule has 158 valence electrons. The van der Waals surface area contributed by atoms with Gasteiger partial charge in [-0.1, -0.05) is 0 Å². The molecule has 0 saturated carbocycles. The third-order valence-corrected chi connectivity index (χ3v) is 4.80. The average molecular weight is 432 g/mol. The van der Waals surface area contributed by atoms with Gasteiger partial charge in [-0.15, -0.1) is 0 Å². The molecule has 0 aliphatic carbocycles. The lowest BCUT2D eigenvalue weighted by Gasteiger charge is -2.27. The van der Waals surface area contributed by atoms with E-state index in [0.717, 1.165) is 0 Å². The van der Waals surface area contributed by atoms with Gasteiger partial charge in [-0.05, 0) is 24.4 Å². The van der Waals surface area contributed by atoms with E-state index in [1.807, 2.05) is 0 Å². The number of hydrogen-bond acceptors (Lipinski definition) is 10. The number of fused-ring (bicyclic) bond motifs is 1. The summed E-state index contributed by atoms with van der Waals surface area (Å²) in [6, 6.07) is 0. The van der Waals surface area contributed by atoms with Gasteiger partial charge in [0, 0.05) is 0 Å². The predicted octanol–water partition coefficient (Wildman–Crippen LogP) is -0.194. The van der Waals surface area contributed by atoms with Gasteiger partial charge in [0.25, 0.3) is 5.60 Å². The molecule has 6 N–H and O–H groups in total. The molecule has 0 aromatic carbocycles. The van der Waals surface area contributed by atoms with Gasteiger partial charge in [0.2, 0.25) is 5.28 Å². The summed E-state index contributed by atoms with van der Waals surface area (Å²) in [5.74, 6) is -4.79. The summed E-state index contributed by atoms with van der Waals surface area (Å²) < 4.78 is 10.9. The molecule has 0 spiro atoms. The van der Waals surface area contributed by atoms with Crippen LogP contribution in [0, 0.1) is 0 Å². The van der Waals surface area contributed by atoms with Crippen molar-refractivity contribution >= 4 is 46.8 Å². The zero-order valence-electron chi connectivity index (χ0n) is 14.9. The van der Waals surface area contributed by atoms with E-state index in [9.17, 15) is 24.6 Å². The van der Waals surface area contributed by atoms with Gasteiger partial charge in [0.05, 0.1) is 25.8 Å². The van der Waals surface area contributed by atoms with E-state index in [4.69, 9.17) is 31.9 Å². The first-order valence-corrected chi connectivity index (χ1v) is 8.83. The number of nitrogens with two attached hydrogens (primary N) is 1. The molecular formula is C15H18ClN5O8. The smallest absolute Gasteiger partial charge is 0.348 e.